The van der Waals surface area contributed by atoms with Crippen molar-refractivity contribution in [1.82, 2.24) is 9.78 Å². The van der Waals surface area contributed by atoms with E-state index in [2.05, 4.69) is 5.10 Å². The van der Waals surface area contributed by atoms with Crippen LogP contribution in [0.5, 0.6) is 0 Å². The molecule has 0 aliphatic heterocycles. The number of aryl methyl sites for hydroxylation is 2. The zero-order chi connectivity index (χ0) is 12.4. The van der Waals surface area contributed by atoms with Gasteiger partial charge in [-0.25, -0.2) is 4.39 Å². The van der Waals surface area contributed by atoms with Crippen LogP contribution in [-0.2, 0) is 13.7 Å². The zero-order valence-corrected chi connectivity index (χ0v) is 10.5. The summed E-state index contributed by atoms with van der Waals surface area (Å²) >= 11 is 1.28. The standard InChI is InChI=1S/C12H13FN2OS/c1-8-9(7-16)12(15(2)14-8)17-11-6-4-3-5-10(11)13/h3-6,16H,7H2,1-2H3. The number of rotatable bonds is 3. The summed E-state index contributed by atoms with van der Waals surface area (Å²) < 4.78 is 15.2. The topological polar surface area (TPSA) is 38.0 Å². The number of hydrogen-bond donors (Lipinski definition) is 1. The van der Waals surface area contributed by atoms with E-state index in [4.69, 9.17) is 0 Å². The van der Waals surface area contributed by atoms with Crippen LogP contribution >= 0.6 is 11.8 Å². The first kappa shape index (κ1) is 12.1. The van der Waals surface area contributed by atoms with E-state index in [1.54, 1.807) is 29.9 Å². The van der Waals surface area contributed by atoms with Crippen molar-refractivity contribution in [2.45, 2.75) is 23.5 Å². The largest absolute Gasteiger partial charge is 0.392 e. The molecule has 3 nitrogen and oxygen atoms in total. The Balaban J connectivity index is 2.40. The van der Waals surface area contributed by atoms with E-state index >= 15 is 0 Å². The van der Waals surface area contributed by atoms with Gasteiger partial charge in [0.25, 0.3) is 0 Å². The lowest BCUT2D eigenvalue weighted by Gasteiger charge is -2.05. The fraction of sp³-hybridized carbons (Fsp3) is 0.250. The summed E-state index contributed by atoms with van der Waals surface area (Å²) in [4.78, 5) is 0.533. The number of benzene rings is 1. The third-order valence-electron chi connectivity index (χ3n) is 2.49. The number of aliphatic hydroxyl groups excluding tert-OH is 1. The van der Waals surface area contributed by atoms with Crippen LogP contribution < -0.4 is 0 Å². The monoisotopic (exact) mass is 252 g/mol. The smallest absolute Gasteiger partial charge is 0.137 e. The Hall–Kier alpha value is -1.33. The highest BCUT2D eigenvalue weighted by Crippen LogP contribution is 2.32. The normalized spacial score (nSPS) is 10.8. The predicted molar refractivity (Wildman–Crippen MR) is 64.4 cm³/mol. The molecular weight excluding hydrogens is 239 g/mol. The highest BCUT2D eigenvalue weighted by molar-refractivity contribution is 7.99. The first-order chi connectivity index (χ1) is 8.13. The maximum absolute atomic E-state index is 13.5. The summed E-state index contributed by atoms with van der Waals surface area (Å²) in [6, 6.07) is 6.57. The molecule has 1 aromatic carbocycles. The number of nitrogens with zero attached hydrogens (tertiary/aromatic N) is 2. The quantitative estimate of drug-likeness (QED) is 0.912. The molecule has 1 heterocycles. The molecule has 1 aromatic heterocycles. The van der Waals surface area contributed by atoms with E-state index in [0.29, 0.717) is 4.90 Å². The highest BCUT2D eigenvalue weighted by atomic mass is 32.2. The first-order valence-electron chi connectivity index (χ1n) is 5.19. The van der Waals surface area contributed by atoms with Gasteiger partial charge < -0.3 is 5.11 Å². The Morgan fingerprint density at radius 1 is 1.41 bits per heavy atom. The van der Waals surface area contributed by atoms with Crippen molar-refractivity contribution >= 4 is 11.8 Å². The Kier molecular flexibility index (Phi) is 3.49. The van der Waals surface area contributed by atoms with Crippen molar-refractivity contribution in [2.24, 2.45) is 7.05 Å². The second-order valence-corrected chi connectivity index (χ2v) is 4.71. The molecule has 17 heavy (non-hydrogen) atoms. The lowest BCUT2D eigenvalue weighted by atomic mass is 10.3. The van der Waals surface area contributed by atoms with Crippen LogP contribution in [0.15, 0.2) is 34.2 Å². The van der Waals surface area contributed by atoms with Gasteiger partial charge in [-0.2, -0.15) is 5.10 Å². The SMILES string of the molecule is Cc1nn(C)c(Sc2ccccc2F)c1CO. The van der Waals surface area contributed by atoms with Crippen LogP contribution in [0, 0.1) is 12.7 Å². The molecule has 0 amide bonds. The van der Waals surface area contributed by atoms with Gasteiger partial charge in [0.05, 0.1) is 12.3 Å². The number of halogens is 1. The molecule has 0 aliphatic rings. The second kappa shape index (κ2) is 4.89. The third kappa shape index (κ3) is 2.35. The minimum absolute atomic E-state index is 0.0868. The minimum atomic E-state index is -0.264. The van der Waals surface area contributed by atoms with Gasteiger partial charge in [0.15, 0.2) is 0 Å². The molecule has 1 N–H and O–H groups in total. The first-order valence-corrected chi connectivity index (χ1v) is 6.01. The number of aliphatic hydroxyl groups is 1. The van der Waals surface area contributed by atoms with Crippen molar-refractivity contribution in [1.29, 1.82) is 0 Å². The molecule has 5 heteroatoms. The summed E-state index contributed by atoms with van der Waals surface area (Å²) in [6.45, 7) is 1.74. The molecular formula is C12H13FN2OS. The van der Waals surface area contributed by atoms with Gasteiger partial charge in [-0.3, -0.25) is 4.68 Å². The minimum Gasteiger partial charge on any atom is -0.392 e. The molecule has 2 rings (SSSR count). The van der Waals surface area contributed by atoms with Gasteiger partial charge in [-0.05, 0) is 19.1 Å². The Morgan fingerprint density at radius 3 is 2.76 bits per heavy atom. The van der Waals surface area contributed by atoms with Gasteiger partial charge >= 0.3 is 0 Å². The predicted octanol–water partition coefficient (Wildman–Crippen LogP) is 2.51. The summed E-state index contributed by atoms with van der Waals surface area (Å²) in [5.74, 6) is -0.264. The van der Waals surface area contributed by atoms with Crippen molar-refractivity contribution in [3.63, 3.8) is 0 Å². The molecule has 0 saturated carbocycles. The van der Waals surface area contributed by atoms with E-state index in [1.807, 2.05) is 6.92 Å². The van der Waals surface area contributed by atoms with E-state index in [9.17, 15) is 9.50 Å². The second-order valence-electron chi connectivity index (χ2n) is 3.68. The van der Waals surface area contributed by atoms with Crippen molar-refractivity contribution in [2.75, 3.05) is 0 Å². The molecule has 0 saturated heterocycles. The fourth-order valence-corrected chi connectivity index (χ4v) is 2.65. The van der Waals surface area contributed by atoms with Crippen LogP contribution in [0.25, 0.3) is 0 Å². The highest BCUT2D eigenvalue weighted by Gasteiger charge is 2.15. The number of hydrogen-bond acceptors (Lipinski definition) is 3. The molecule has 0 atom stereocenters. The number of aromatic nitrogens is 2. The fourth-order valence-electron chi connectivity index (χ4n) is 1.62. The van der Waals surface area contributed by atoms with Crippen LogP contribution in [0.1, 0.15) is 11.3 Å². The average molecular weight is 252 g/mol. The summed E-state index contributed by atoms with van der Waals surface area (Å²) in [7, 11) is 1.79. The third-order valence-corrected chi connectivity index (χ3v) is 3.75. The van der Waals surface area contributed by atoms with Gasteiger partial charge in [0, 0.05) is 17.5 Å². The van der Waals surface area contributed by atoms with Crippen LogP contribution in [-0.4, -0.2) is 14.9 Å². The van der Waals surface area contributed by atoms with E-state index in [-0.39, 0.29) is 12.4 Å². The summed E-state index contributed by atoms with van der Waals surface area (Å²) in [5.41, 5.74) is 1.52. The Bertz CT molecular complexity index is 539. The van der Waals surface area contributed by atoms with Gasteiger partial charge in [-0.15, -0.1) is 0 Å². The van der Waals surface area contributed by atoms with Crippen molar-refractivity contribution < 1.29 is 9.50 Å². The molecule has 0 radical (unpaired) electrons. The van der Waals surface area contributed by atoms with Gasteiger partial charge in [-0.1, -0.05) is 23.9 Å². The molecule has 2 aromatic rings. The molecule has 90 valence electrons. The van der Waals surface area contributed by atoms with E-state index in [0.717, 1.165) is 16.3 Å². The average Bonchev–Trinajstić information content (AvgIpc) is 2.56. The maximum Gasteiger partial charge on any atom is 0.137 e. The van der Waals surface area contributed by atoms with E-state index in [1.165, 1.54) is 17.8 Å². The van der Waals surface area contributed by atoms with Gasteiger partial charge in [0.1, 0.15) is 10.8 Å². The Labute approximate surface area is 103 Å². The van der Waals surface area contributed by atoms with Crippen LogP contribution in [0.4, 0.5) is 4.39 Å². The lowest BCUT2D eigenvalue weighted by Crippen LogP contribution is -1.94. The van der Waals surface area contributed by atoms with Crippen molar-refractivity contribution in [3.8, 4) is 0 Å². The zero-order valence-electron chi connectivity index (χ0n) is 9.64. The molecule has 0 spiro atoms. The maximum atomic E-state index is 13.5. The van der Waals surface area contributed by atoms with Crippen LogP contribution in [0.3, 0.4) is 0 Å². The van der Waals surface area contributed by atoms with Crippen LogP contribution in [0.2, 0.25) is 0 Å². The van der Waals surface area contributed by atoms with Crippen molar-refractivity contribution in [3.05, 3.63) is 41.3 Å². The molecule has 0 aliphatic carbocycles. The molecule has 0 unspecified atom stereocenters. The van der Waals surface area contributed by atoms with E-state index < -0.39 is 0 Å². The summed E-state index contributed by atoms with van der Waals surface area (Å²) in [6.07, 6.45) is 0. The lowest BCUT2D eigenvalue weighted by molar-refractivity contribution is 0.277. The Morgan fingerprint density at radius 2 is 2.12 bits per heavy atom. The van der Waals surface area contributed by atoms with Gasteiger partial charge in [0.2, 0.25) is 0 Å². The molecule has 0 fully saturated rings. The molecule has 0 bridgehead atoms. The summed E-state index contributed by atoms with van der Waals surface area (Å²) in [5, 5.41) is 14.3.